The van der Waals surface area contributed by atoms with Crippen molar-refractivity contribution in [2.24, 2.45) is 5.92 Å². The summed E-state index contributed by atoms with van der Waals surface area (Å²) in [5, 5.41) is 2.77. The van der Waals surface area contributed by atoms with Crippen LogP contribution in [0, 0.1) is 5.92 Å². The first-order chi connectivity index (χ1) is 13.7. The van der Waals surface area contributed by atoms with Crippen molar-refractivity contribution >= 4 is 37.3 Å². The third kappa shape index (κ3) is 5.34. The van der Waals surface area contributed by atoms with Crippen molar-refractivity contribution in [2.45, 2.75) is 17.7 Å². The third-order valence-electron chi connectivity index (χ3n) is 4.78. The molecule has 3 rings (SSSR count). The van der Waals surface area contributed by atoms with Gasteiger partial charge in [-0.3, -0.25) is 9.52 Å². The topological polar surface area (TPSA) is 113 Å². The molecular formula is C19H23N3O5S2. The van der Waals surface area contributed by atoms with Crippen LogP contribution in [0.15, 0.2) is 59.5 Å². The van der Waals surface area contributed by atoms with E-state index in [2.05, 4.69) is 10.0 Å². The van der Waals surface area contributed by atoms with Crippen LogP contribution < -0.4 is 10.0 Å². The van der Waals surface area contributed by atoms with Gasteiger partial charge in [-0.2, -0.15) is 0 Å². The number of piperidine rings is 1. The first-order valence-electron chi connectivity index (χ1n) is 9.10. The van der Waals surface area contributed by atoms with Crippen LogP contribution in [0.4, 0.5) is 11.4 Å². The van der Waals surface area contributed by atoms with E-state index in [4.69, 9.17) is 0 Å². The van der Waals surface area contributed by atoms with Crippen LogP contribution in [0.25, 0.3) is 0 Å². The monoisotopic (exact) mass is 437 g/mol. The van der Waals surface area contributed by atoms with Crippen molar-refractivity contribution in [3.05, 3.63) is 54.6 Å². The number of anilines is 2. The molecule has 2 aromatic rings. The Bertz CT molecular complexity index is 1080. The number of carbonyl (C=O) groups excluding carboxylic acids is 1. The number of hydrogen-bond acceptors (Lipinski definition) is 5. The number of carbonyl (C=O) groups is 1. The number of amides is 1. The second kappa shape index (κ2) is 8.52. The molecule has 8 nitrogen and oxygen atoms in total. The average molecular weight is 438 g/mol. The summed E-state index contributed by atoms with van der Waals surface area (Å²) >= 11 is 0. The highest BCUT2D eigenvalue weighted by Crippen LogP contribution is 2.27. The van der Waals surface area contributed by atoms with Crippen LogP contribution in [0.1, 0.15) is 12.8 Å². The molecule has 0 radical (unpaired) electrons. The number of nitrogens with zero attached hydrogens (tertiary/aromatic N) is 1. The van der Waals surface area contributed by atoms with Crippen LogP contribution >= 0.6 is 0 Å². The normalized spacial score (nSPS) is 16.3. The van der Waals surface area contributed by atoms with Crippen molar-refractivity contribution in [1.29, 1.82) is 0 Å². The smallest absolute Gasteiger partial charge is 0.261 e. The Morgan fingerprint density at radius 2 is 1.45 bits per heavy atom. The summed E-state index contributed by atoms with van der Waals surface area (Å²) < 4.78 is 52.3. The van der Waals surface area contributed by atoms with Gasteiger partial charge in [-0.05, 0) is 37.1 Å². The number of sulfonamides is 2. The first-order valence-corrected chi connectivity index (χ1v) is 12.4. The van der Waals surface area contributed by atoms with Crippen LogP contribution in [-0.2, 0) is 24.8 Å². The van der Waals surface area contributed by atoms with Crippen molar-refractivity contribution in [3.8, 4) is 0 Å². The maximum atomic E-state index is 12.7. The lowest BCUT2D eigenvalue weighted by Crippen LogP contribution is -2.40. The number of nitrogens with one attached hydrogen (secondary N) is 2. The summed E-state index contributed by atoms with van der Waals surface area (Å²) in [6.07, 6.45) is 1.98. The highest BCUT2D eigenvalue weighted by molar-refractivity contribution is 7.92. The van der Waals surface area contributed by atoms with Crippen molar-refractivity contribution in [1.82, 2.24) is 4.31 Å². The van der Waals surface area contributed by atoms with Crippen LogP contribution in [0.3, 0.4) is 0 Å². The third-order valence-corrected chi connectivity index (χ3v) is 7.46. The summed E-state index contributed by atoms with van der Waals surface area (Å²) in [4.78, 5) is 12.8. The molecule has 2 aromatic carbocycles. The summed E-state index contributed by atoms with van der Waals surface area (Å²) in [6, 6.07) is 14.5. The highest BCUT2D eigenvalue weighted by Gasteiger charge is 2.29. The zero-order valence-electron chi connectivity index (χ0n) is 15.9. The molecule has 0 saturated carbocycles. The van der Waals surface area contributed by atoms with Crippen molar-refractivity contribution in [2.75, 3.05) is 29.4 Å². The zero-order chi connectivity index (χ0) is 21.1. The minimum atomic E-state index is -3.79. The zero-order valence-corrected chi connectivity index (χ0v) is 17.5. The Kier molecular flexibility index (Phi) is 6.25. The number of rotatable bonds is 6. The highest BCUT2D eigenvalue weighted by atomic mass is 32.2. The molecular weight excluding hydrogens is 414 g/mol. The van der Waals surface area contributed by atoms with Crippen molar-refractivity contribution in [3.63, 3.8) is 0 Å². The Morgan fingerprint density at radius 1 is 0.897 bits per heavy atom. The molecule has 1 saturated heterocycles. The molecule has 1 heterocycles. The molecule has 1 amide bonds. The molecule has 29 heavy (non-hydrogen) atoms. The van der Waals surface area contributed by atoms with Gasteiger partial charge in [-0.25, -0.2) is 21.1 Å². The van der Waals surface area contributed by atoms with Crippen molar-refractivity contribution < 1.29 is 21.6 Å². The number of benzene rings is 2. The molecule has 0 aromatic heterocycles. The average Bonchev–Trinajstić information content (AvgIpc) is 2.69. The van der Waals surface area contributed by atoms with E-state index in [0.717, 1.165) is 6.26 Å². The number of para-hydroxylation sites is 2. The molecule has 1 fully saturated rings. The van der Waals surface area contributed by atoms with Gasteiger partial charge in [0.1, 0.15) is 0 Å². The number of hydrogen-bond donors (Lipinski definition) is 2. The van der Waals surface area contributed by atoms with Gasteiger partial charge in [0.05, 0.1) is 22.5 Å². The lowest BCUT2D eigenvalue weighted by molar-refractivity contribution is -0.120. The maximum absolute atomic E-state index is 12.7. The van der Waals surface area contributed by atoms with Gasteiger partial charge in [-0.15, -0.1) is 0 Å². The minimum Gasteiger partial charge on any atom is -0.324 e. The second-order valence-electron chi connectivity index (χ2n) is 6.89. The van der Waals surface area contributed by atoms with Gasteiger partial charge in [0.25, 0.3) is 10.0 Å². The SMILES string of the molecule is CS(=O)(=O)N1CCC(C(=O)Nc2ccccc2NS(=O)(=O)c2ccccc2)CC1. The predicted octanol–water partition coefficient (Wildman–Crippen LogP) is 2.10. The predicted molar refractivity (Wildman–Crippen MR) is 111 cm³/mol. The summed E-state index contributed by atoms with van der Waals surface area (Å²) in [5.41, 5.74) is 0.612. The van der Waals surface area contributed by atoms with Crippen LogP contribution in [0.5, 0.6) is 0 Å². The molecule has 0 aliphatic carbocycles. The maximum Gasteiger partial charge on any atom is 0.261 e. The molecule has 1 aliphatic heterocycles. The minimum absolute atomic E-state index is 0.120. The molecule has 0 bridgehead atoms. The summed E-state index contributed by atoms with van der Waals surface area (Å²) in [5.74, 6) is -0.601. The second-order valence-corrected chi connectivity index (χ2v) is 10.6. The van der Waals surface area contributed by atoms with Gasteiger partial charge in [-0.1, -0.05) is 30.3 Å². The van der Waals surface area contributed by atoms with Gasteiger partial charge in [0.2, 0.25) is 15.9 Å². The molecule has 156 valence electrons. The van der Waals surface area contributed by atoms with Gasteiger partial charge in [0, 0.05) is 19.0 Å². The molecule has 2 N–H and O–H groups in total. The van der Waals surface area contributed by atoms with E-state index in [1.54, 1.807) is 42.5 Å². The van der Waals surface area contributed by atoms with Crippen LogP contribution in [0.2, 0.25) is 0 Å². The fourth-order valence-corrected chi connectivity index (χ4v) is 5.14. The lowest BCUT2D eigenvalue weighted by atomic mass is 9.97. The Hall–Kier alpha value is -2.43. The molecule has 1 aliphatic rings. The molecule has 0 atom stereocenters. The van der Waals surface area contributed by atoms with E-state index in [1.165, 1.54) is 16.4 Å². The first kappa shape index (κ1) is 21.3. The quantitative estimate of drug-likeness (QED) is 0.719. The van der Waals surface area contributed by atoms with E-state index < -0.39 is 20.0 Å². The van der Waals surface area contributed by atoms with E-state index in [-0.39, 0.29) is 22.4 Å². The molecule has 10 heteroatoms. The summed E-state index contributed by atoms with van der Waals surface area (Å²) in [7, 11) is -7.06. The van der Waals surface area contributed by atoms with Gasteiger partial charge in [0.15, 0.2) is 0 Å². The molecule has 0 unspecified atom stereocenters. The fraction of sp³-hybridized carbons (Fsp3) is 0.316. The Labute approximate surface area is 171 Å². The Balaban J connectivity index is 1.71. The fourth-order valence-electron chi connectivity index (χ4n) is 3.17. The van der Waals surface area contributed by atoms with E-state index in [9.17, 15) is 21.6 Å². The lowest BCUT2D eigenvalue weighted by Gasteiger charge is -2.29. The Morgan fingerprint density at radius 3 is 2.03 bits per heavy atom. The summed E-state index contributed by atoms with van der Waals surface area (Å²) in [6.45, 7) is 0.582. The largest absolute Gasteiger partial charge is 0.324 e. The van der Waals surface area contributed by atoms with E-state index >= 15 is 0 Å². The van der Waals surface area contributed by atoms with Crippen LogP contribution in [-0.4, -0.2) is 46.4 Å². The standard InChI is InChI=1S/C19H23N3O5S2/c1-28(24,25)22-13-11-15(12-14-22)19(23)20-17-9-5-6-10-18(17)21-29(26,27)16-7-3-2-4-8-16/h2-10,15,21H,11-14H2,1H3,(H,20,23). The van der Waals surface area contributed by atoms with E-state index in [0.29, 0.717) is 31.6 Å². The van der Waals surface area contributed by atoms with Gasteiger partial charge >= 0.3 is 0 Å². The van der Waals surface area contributed by atoms with E-state index in [1.807, 2.05) is 0 Å². The molecule has 0 spiro atoms. The van der Waals surface area contributed by atoms with Gasteiger partial charge < -0.3 is 5.32 Å².